The Hall–Kier alpha value is -2.54. The Bertz CT molecular complexity index is 889. The molecule has 1 atom stereocenters. The number of anilines is 1. The highest BCUT2D eigenvalue weighted by atomic mass is 32.1. The van der Waals surface area contributed by atoms with E-state index in [4.69, 9.17) is 9.47 Å². The molecule has 1 aliphatic rings. The van der Waals surface area contributed by atoms with Crippen molar-refractivity contribution in [3.63, 3.8) is 0 Å². The van der Waals surface area contributed by atoms with Gasteiger partial charge in [-0.15, -0.1) is 21.5 Å². The number of thiophene rings is 1. The Morgan fingerprint density at radius 2 is 2.00 bits per heavy atom. The third-order valence-electron chi connectivity index (χ3n) is 4.20. The number of aromatic nitrogens is 3. The first-order chi connectivity index (χ1) is 12.1. The van der Waals surface area contributed by atoms with Crippen LogP contribution in [-0.2, 0) is 7.05 Å². The highest BCUT2D eigenvalue weighted by Gasteiger charge is 2.24. The second-order valence-electron chi connectivity index (χ2n) is 6.17. The molecule has 2 aromatic heterocycles. The molecule has 0 spiro atoms. The number of rotatable bonds is 4. The van der Waals surface area contributed by atoms with Gasteiger partial charge in [-0.2, -0.15) is 0 Å². The highest BCUT2D eigenvalue weighted by Crippen LogP contribution is 2.32. The lowest BCUT2D eigenvalue weighted by molar-refractivity contribution is 0.0957. The van der Waals surface area contributed by atoms with E-state index in [0.717, 1.165) is 28.1 Å². The number of benzene rings is 1. The molecule has 4 rings (SSSR count). The van der Waals surface area contributed by atoms with Crippen LogP contribution in [0, 0.1) is 6.92 Å². The van der Waals surface area contributed by atoms with Crippen LogP contribution in [0.2, 0.25) is 0 Å². The molecule has 0 saturated carbocycles. The number of para-hydroxylation sites is 2. The van der Waals surface area contributed by atoms with Crippen molar-refractivity contribution in [2.45, 2.75) is 13.0 Å². The van der Waals surface area contributed by atoms with Crippen molar-refractivity contribution in [1.29, 1.82) is 0 Å². The number of likely N-dealkylation sites (N-methyl/N-ethyl adjacent to an activating group) is 1. The maximum absolute atomic E-state index is 6.04. The Balaban J connectivity index is 1.49. The molecule has 6 nitrogen and oxygen atoms in total. The summed E-state index contributed by atoms with van der Waals surface area (Å²) in [6, 6.07) is 11.9. The van der Waals surface area contributed by atoms with Crippen LogP contribution in [0.1, 0.15) is 4.88 Å². The van der Waals surface area contributed by atoms with Crippen molar-refractivity contribution in [1.82, 2.24) is 14.8 Å². The van der Waals surface area contributed by atoms with Crippen LogP contribution >= 0.6 is 11.3 Å². The van der Waals surface area contributed by atoms with E-state index in [1.54, 1.807) is 11.3 Å². The monoisotopic (exact) mass is 356 g/mol. The first-order valence-electron chi connectivity index (χ1n) is 8.17. The SMILES string of the molecule is Cc1ccc(-c2nnc(N(C)C[C@H]3COc4ccccc4O3)n2C)s1. The fourth-order valence-electron chi connectivity index (χ4n) is 2.96. The molecule has 0 amide bonds. The molecule has 0 unspecified atom stereocenters. The molecule has 0 aliphatic carbocycles. The molecule has 3 heterocycles. The lowest BCUT2D eigenvalue weighted by atomic mass is 10.2. The summed E-state index contributed by atoms with van der Waals surface area (Å²) in [5, 5.41) is 8.72. The van der Waals surface area contributed by atoms with E-state index >= 15 is 0 Å². The molecule has 3 aromatic rings. The maximum Gasteiger partial charge on any atom is 0.227 e. The minimum atomic E-state index is -0.0518. The zero-order valence-corrected chi connectivity index (χ0v) is 15.3. The van der Waals surface area contributed by atoms with Gasteiger partial charge in [0.2, 0.25) is 5.95 Å². The summed E-state index contributed by atoms with van der Waals surface area (Å²) in [5.41, 5.74) is 0. The van der Waals surface area contributed by atoms with Gasteiger partial charge < -0.3 is 14.4 Å². The first-order valence-corrected chi connectivity index (χ1v) is 8.99. The second kappa shape index (κ2) is 6.40. The summed E-state index contributed by atoms with van der Waals surface area (Å²) in [5.74, 6) is 3.28. The van der Waals surface area contributed by atoms with E-state index in [2.05, 4.69) is 34.2 Å². The number of fused-ring (bicyclic) bond motifs is 1. The van der Waals surface area contributed by atoms with Gasteiger partial charge in [-0.25, -0.2) is 0 Å². The fraction of sp³-hybridized carbons (Fsp3) is 0.333. The predicted octanol–water partition coefficient (Wildman–Crippen LogP) is 3.13. The Labute approximate surface area is 150 Å². The second-order valence-corrected chi connectivity index (χ2v) is 7.46. The highest BCUT2D eigenvalue weighted by molar-refractivity contribution is 7.15. The molecular formula is C18H20N4O2S. The molecule has 0 radical (unpaired) electrons. The molecular weight excluding hydrogens is 336 g/mol. The van der Waals surface area contributed by atoms with Crippen molar-refractivity contribution in [3.8, 4) is 22.2 Å². The van der Waals surface area contributed by atoms with Crippen LogP contribution in [-0.4, -0.2) is 41.1 Å². The van der Waals surface area contributed by atoms with Gasteiger partial charge in [-0.3, -0.25) is 4.57 Å². The molecule has 0 N–H and O–H groups in total. The van der Waals surface area contributed by atoms with E-state index in [9.17, 15) is 0 Å². The lowest BCUT2D eigenvalue weighted by Crippen LogP contribution is -2.40. The smallest absolute Gasteiger partial charge is 0.227 e. The zero-order valence-electron chi connectivity index (χ0n) is 14.5. The number of hydrogen-bond acceptors (Lipinski definition) is 6. The summed E-state index contributed by atoms with van der Waals surface area (Å²) in [7, 11) is 3.99. The minimum absolute atomic E-state index is 0.0518. The van der Waals surface area contributed by atoms with Gasteiger partial charge >= 0.3 is 0 Å². The van der Waals surface area contributed by atoms with Crippen molar-refractivity contribution in [3.05, 3.63) is 41.3 Å². The van der Waals surface area contributed by atoms with Gasteiger partial charge in [0.15, 0.2) is 23.4 Å². The molecule has 1 aliphatic heterocycles. The van der Waals surface area contributed by atoms with Crippen LogP contribution < -0.4 is 14.4 Å². The van der Waals surface area contributed by atoms with Gasteiger partial charge in [0.25, 0.3) is 0 Å². The molecule has 0 fully saturated rings. The lowest BCUT2D eigenvalue weighted by Gasteiger charge is -2.29. The molecule has 0 saturated heterocycles. The molecule has 130 valence electrons. The topological polar surface area (TPSA) is 52.4 Å². The number of aryl methyl sites for hydroxylation is 1. The van der Waals surface area contributed by atoms with Crippen LogP contribution in [0.15, 0.2) is 36.4 Å². The summed E-state index contributed by atoms with van der Waals surface area (Å²) < 4.78 is 13.8. The average molecular weight is 356 g/mol. The first kappa shape index (κ1) is 16.0. The Morgan fingerprint density at radius 3 is 2.76 bits per heavy atom. The van der Waals surface area contributed by atoms with E-state index in [1.165, 1.54) is 4.88 Å². The molecule has 7 heteroatoms. The van der Waals surface area contributed by atoms with Gasteiger partial charge in [-0.05, 0) is 31.2 Å². The Morgan fingerprint density at radius 1 is 1.20 bits per heavy atom. The van der Waals surface area contributed by atoms with Crippen molar-refractivity contribution in [2.75, 3.05) is 25.1 Å². The largest absolute Gasteiger partial charge is 0.486 e. The van der Waals surface area contributed by atoms with Crippen LogP contribution in [0.5, 0.6) is 11.5 Å². The summed E-state index contributed by atoms with van der Waals surface area (Å²) in [4.78, 5) is 4.44. The maximum atomic E-state index is 6.04. The third kappa shape index (κ3) is 3.07. The zero-order chi connectivity index (χ0) is 17.4. The minimum Gasteiger partial charge on any atom is -0.486 e. The summed E-state index contributed by atoms with van der Waals surface area (Å²) in [6.45, 7) is 3.29. The third-order valence-corrected chi connectivity index (χ3v) is 5.20. The average Bonchev–Trinajstić information content (AvgIpc) is 3.20. The van der Waals surface area contributed by atoms with E-state index in [-0.39, 0.29) is 6.10 Å². The summed E-state index contributed by atoms with van der Waals surface area (Å²) in [6.07, 6.45) is -0.0518. The number of nitrogens with zero attached hydrogens (tertiary/aromatic N) is 4. The molecule has 1 aromatic carbocycles. The quantitative estimate of drug-likeness (QED) is 0.719. The Kier molecular flexibility index (Phi) is 4.09. The van der Waals surface area contributed by atoms with Crippen molar-refractivity contribution < 1.29 is 9.47 Å². The van der Waals surface area contributed by atoms with Gasteiger partial charge in [0, 0.05) is 19.0 Å². The predicted molar refractivity (Wildman–Crippen MR) is 98.7 cm³/mol. The van der Waals surface area contributed by atoms with E-state index in [0.29, 0.717) is 13.2 Å². The van der Waals surface area contributed by atoms with Gasteiger partial charge in [0.1, 0.15) is 6.61 Å². The molecule has 25 heavy (non-hydrogen) atoms. The standard InChI is InChI=1S/C18H20N4O2S/c1-12-8-9-16(25-12)17-19-20-18(22(17)3)21(2)10-13-11-23-14-6-4-5-7-15(14)24-13/h4-9,13H,10-11H2,1-3H3/t13-/m0/s1. The van der Waals surface area contributed by atoms with Gasteiger partial charge in [0.05, 0.1) is 11.4 Å². The van der Waals surface area contributed by atoms with E-state index in [1.807, 2.05) is 42.9 Å². The van der Waals surface area contributed by atoms with Crippen LogP contribution in [0.4, 0.5) is 5.95 Å². The molecule has 0 bridgehead atoms. The fourth-order valence-corrected chi connectivity index (χ4v) is 3.85. The van der Waals surface area contributed by atoms with Gasteiger partial charge in [-0.1, -0.05) is 12.1 Å². The normalized spacial score (nSPS) is 16.0. The van der Waals surface area contributed by atoms with Crippen molar-refractivity contribution >= 4 is 17.3 Å². The van der Waals surface area contributed by atoms with Crippen LogP contribution in [0.3, 0.4) is 0 Å². The number of hydrogen-bond donors (Lipinski definition) is 0. The van der Waals surface area contributed by atoms with Crippen LogP contribution in [0.25, 0.3) is 10.7 Å². The van der Waals surface area contributed by atoms with E-state index < -0.39 is 0 Å². The van der Waals surface area contributed by atoms with Crippen molar-refractivity contribution in [2.24, 2.45) is 7.05 Å². The number of ether oxygens (including phenoxy) is 2. The summed E-state index contributed by atoms with van der Waals surface area (Å²) >= 11 is 1.72.